The Morgan fingerprint density at radius 2 is 1.75 bits per heavy atom. The van der Waals surface area contributed by atoms with Crippen LogP contribution in [0.1, 0.15) is 35.3 Å². The summed E-state index contributed by atoms with van der Waals surface area (Å²) in [7, 11) is 3.28. The van der Waals surface area contributed by atoms with E-state index in [1.54, 1.807) is 45.0 Å². The summed E-state index contributed by atoms with van der Waals surface area (Å²) in [5.74, 6) is -3.79. The molecule has 5 N–H and O–H groups in total. The van der Waals surface area contributed by atoms with Gasteiger partial charge in [-0.25, -0.2) is 0 Å². The van der Waals surface area contributed by atoms with Gasteiger partial charge in [0.15, 0.2) is 11.4 Å². The van der Waals surface area contributed by atoms with Gasteiger partial charge in [0.25, 0.3) is 0 Å². The zero-order valence-electron chi connectivity index (χ0n) is 18.6. The number of aliphatic hydroxyl groups is 3. The predicted molar refractivity (Wildman–Crippen MR) is 117 cm³/mol. The molecule has 0 fully saturated rings. The number of carbonyl (C=O) groups is 2. The summed E-state index contributed by atoms with van der Waals surface area (Å²) in [6.45, 7) is 4.56. The number of hydrogen-bond acceptors (Lipinski definition) is 8. The van der Waals surface area contributed by atoms with Gasteiger partial charge in [0.1, 0.15) is 28.9 Å². The minimum Gasteiger partial charge on any atom is -0.510 e. The number of aromatic hydroxyl groups is 2. The van der Waals surface area contributed by atoms with E-state index >= 15 is 0 Å². The van der Waals surface area contributed by atoms with Crippen molar-refractivity contribution < 1.29 is 35.1 Å². The van der Waals surface area contributed by atoms with Crippen molar-refractivity contribution in [3.63, 3.8) is 0 Å². The summed E-state index contributed by atoms with van der Waals surface area (Å²) in [5, 5.41) is 56.2. The van der Waals surface area contributed by atoms with Crippen LogP contribution in [0.15, 0.2) is 23.5 Å². The molecule has 2 aromatic carbocycles. The fourth-order valence-electron chi connectivity index (χ4n) is 5.49. The summed E-state index contributed by atoms with van der Waals surface area (Å²) in [4.78, 5) is 27.1. The third-order valence-corrected chi connectivity index (χ3v) is 7.15. The molecule has 4 atom stereocenters. The number of aliphatic hydroxyl groups excluding tert-OH is 2. The van der Waals surface area contributed by atoms with Crippen LogP contribution in [0, 0.1) is 19.8 Å². The monoisotopic (exact) mass is 441 g/mol. The zero-order valence-corrected chi connectivity index (χ0v) is 18.6. The Bertz CT molecular complexity index is 1230. The highest BCUT2D eigenvalue weighted by molar-refractivity contribution is 6.23. The molecule has 0 saturated heterocycles. The number of carbonyl (C=O) groups excluding carboxylic acids is 2. The summed E-state index contributed by atoms with van der Waals surface area (Å²) in [5.41, 5.74) is -1.34. The average Bonchev–Trinajstić information content (AvgIpc) is 2.70. The number of likely N-dealkylation sites (N-methyl/N-ethyl adjacent to an activating group) is 1. The summed E-state index contributed by atoms with van der Waals surface area (Å²) >= 11 is 0. The Hall–Kier alpha value is -2.94. The first-order valence-corrected chi connectivity index (χ1v) is 10.4. The maximum atomic E-state index is 13.3. The molecule has 4 rings (SSSR count). The van der Waals surface area contributed by atoms with E-state index in [4.69, 9.17) is 0 Å². The molecule has 0 spiro atoms. The lowest BCUT2D eigenvalue weighted by molar-refractivity contribution is -0.171. The van der Waals surface area contributed by atoms with E-state index in [1.165, 1.54) is 0 Å². The second kappa shape index (κ2) is 7.03. The molecule has 8 heteroatoms. The molecule has 2 aliphatic rings. The van der Waals surface area contributed by atoms with Crippen molar-refractivity contribution in [1.29, 1.82) is 0 Å². The second-order valence-corrected chi connectivity index (χ2v) is 9.11. The van der Waals surface area contributed by atoms with Crippen molar-refractivity contribution in [3.8, 4) is 11.5 Å². The first-order valence-electron chi connectivity index (χ1n) is 10.4. The van der Waals surface area contributed by atoms with Gasteiger partial charge in [0.05, 0.1) is 11.4 Å². The van der Waals surface area contributed by atoms with Gasteiger partial charge < -0.3 is 25.5 Å². The number of phenolic OH excluding ortho intramolecular Hbond substituents is 2. The molecule has 0 radical (unpaired) electrons. The van der Waals surface area contributed by atoms with E-state index in [1.807, 2.05) is 0 Å². The van der Waals surface area contributed by atoms with Gasteiger partial charge in [-0.1, -0.05) is 12.1 Å². The van der Waals surface area contributed by atoms with Crippen molar-refractivity contribution in [2.75, 3.05) is 14.1 Å². The number of benzene rings is 2. The minimum absolute atomic E-state index is 0.0511. The van der Waals surface area contributed by atoms with Gasteiger partial charge >= 0.3 is 0 Å². The van der Waals surface area contributed by atoms with Gasteiger partial charge in [-0.2, -0.15) is 0 Å². The average molecular weight is 441 g/mol. The van der Waals surface area contributed by atoms with Crippen LogP contribution >= 0.6 is 0 Å². The molecule has 8 nitrogen and oxygen atoms in total. The zero-order chi connectivity index (χ0) is 23.9. The highest BCUT2D eigenvalue weighted by atomic mass is 16.4. The number of Topliss-reactive ketones (excluding diaryl/α,β-unsaturated/α-hetero) is 2. The molecule has 4 unspecified atom stereocenters. The molecule has 2 aromatic rings. The van der Waals surface area contributed by atoms with Crippen molar-refractivity contribution >= 4 is 22.3 Å². The van der Waals surface area contributed by atoms with Crippen LogP contribution in [0.4, 0.5) is 0 Å². The SMILES string of the molecule is CC(=O)C1=C(O)C(N(C)C)C2Cc3c(c(O)c4c(O)c(C)ccc4c3C)C(O)C2(O)C1=O. The van der Waals surface area contributed by atoms with Gasteiger partial charge in [0.2, 0.25) is 5.78 Å². The number of fused-ring (bicyclic) bond motifs is 3. The van der Waals surface area contributed by atoms with Crippen LogP contribution in [0.25, 0.3) is 10.8 Å². The van der Waals surface area contributed by atoms with Gasteiger partial charge in [-0.3, -0.25) is 14.5 Å². The summed E-state index contributed by atoms with van der Waals surface area (Å²) in [6, 6.07) is 2.56. The molecule has 0 saturated carbocycles. The number of ketones is 2. The van der Waals surface area contributed by atoms with Crippen molar-refractivity contribution in [1.82, 2.24) is 4.90 Å². The summed E-state index contributed by atoms with van der Waals surface area (Å²) < 4.78 is 0. The van der Waals surface area contributed by atoms with Crippen LogP contribution in [-0.2, 0) is 16.0 Å². The fourth-order valence-corrected chi connectivity index (χ4v) is 5.49. The predicted octanol–water partition coefficient (Wildman–Crippen LogP) is 1.72. The maximum Gasteiger partial charge on any atom is 0.204 e. The van der Waals surface area contributed by atoms with Crippen LogP contribution in [0.2, 0.25) is 0 Å². The van der Waals surface area contributed by atoms with E-state index in [-0.39, 0.29) is 23.1 Å². The van der Waals surface area contributed by atoms with Crippen LogP contribution in [-0.4, -0.2) is 67.7 Å². The fraction of sp³-hybridized carbons (Fsp3) is 0.417. The smallest absolute Gasteiger partial charge is 0.204 e. The van der Waals surface area contributed by atoms with Gasteiger partial charge in [0, 0.05) is 11.5 Å². The molecular formula is C24H27NO7. The first kappa shape index (κ1) is 22.3. The highest BCUT2D eigenvalue weighted by Gasteiger charge is 2.62. The van der Waals surface area contributed by atoms with E-state index in [0.29, 0.717) is 22.1 Å². The van der Waals surface area contributed by atoms with Crippen molar-refractivity contribution in [3.05, 3.63) is 45.7 Å². The maximum absolute atomic E-state index is 13.3. The molecule has 2 aliphatic carbocycles. The molecule has 32 heavy (non-hydrogen) atoms. The van der Waals surface area contributed by atoms with Crippen LogP contribution in [0.5, 0.6) is 11.5 Å². The van der Waals surface area contributed by atoms with E-state index < -0.39 is 52.3 Å². The lowest BCUT2D eigenvalue weighted by Gasteiger charge is -2.50. The largest absolute Gasteiger partial charge is 0.510 e. The number of hydrogen-bond donors (Lipinski definition) is 5. The lowest BCUT2D eigenvalue weighted by atomic mass is 9.60. The van der Waals surface area contributed by atoms with Gasteiger partial charge in [-0.15, -0.1) is 0 Å². The Morgan fingerprint density at radius 3 is 2.31 bits per heavy atom. The van der Waals surface area contributed by atoms with Crippen LogP contribution in [0.3, 0.4) is 0 Å². The Balaban J connectivity index is 2.08. The molecule has 0 aliphatic heterocycles. The minimum atomic E-state index is -2.45. The molecule has 0 amide bonds. The molecule has 0 bridgehead atoms. The quantitative estimate of drug-likeness (QED) is 0.444. The van der Waals surface area contributed by atoms with E-state index in [9.17, 15) is 35.1 Å². The molecular weight excluding hydrogens is 414 g/mol. The standard InChI is InChI=1S/C24H27NO7/c1-9-6-7-12-10(2)13-8-14-18(25(4)5)21(29)15(11(3)26)22(30)24(14,32)23(31)17(13)20(28)16(12)19(9)27/h6-7,14,18,23,27-29,31-32H,8H2,1-5H3. The Kier molecular flexibility index (Phi) is 4.89. The molecule has 170 valence electrons. The number of rotatable bonds is 2. The second-order valence-electron chi connectivity index (χ2n) is 9.11. The topological polar surface area (TPSA) is 139 Å². The van der Waals surface area contributed by atoms with Crippen molar-refractivity contribution in [2.45, 2.75) is 44.9 Å². The van der Waals surface area contributed by atoms with Crippen molar-refractivity contribution in [2.24, 2.45) is 5.92 Å². The molecule has 0 heterocycles. The third kappa shape index (κ3) is 2.60. The van der Waals surface area contributed by atoms with E-state index in [0.717, 1.165) is 6.92 Å². The Morgan fingerprint density at radius 1 is 1.12 bits per heavy atom. The Labute approximate surface area is 185 Å². The lowest BCUT2D eigenvalue weighted by Crippen LogP contribution is -2.64. The molecule has 0 aromatic heterocycles. The number of nitrogens with zero attached hydrogens (tertiary/aromatic N) is 1. The number of aryl methyl sites for hydroxylation is 2. The first-order chi connectivity index (χ1) is 14.8. The highest BCUT2D eigenvalue weighted by Crippen LogP contribution is 2.54. The van der Waals surface area contributed by atoms with Crippen LogP contribution < -0.4 is 0 Å². The van der Waals surface area contributed by atoms with Gasteiger partial charge in [-0.05, 0) is 63.4 Å². The number of phenols is 2. The third-order valence-electron chi connectivity index (χ3n) is 7.15. The summed E-state index contributed by atoms with van der Waals surface area (Å²) in [6.07, 6.45) is -1.83. The normalized spacial score (nSPS) is 27.6. The van der Waals surface area contributed by atoms with E-state index in [2.05, 4.69) is 0 Å².